The number of fused-ring (bicyclic) bond motifs is 1. The lowest BCUT2D eigenvalue weighted by molar-refractivity contribution is -0.116. The quantitative estimate of drug-likeness (QED) is 0.492. The van der Waals surface area contributed by atoms with Gasteiger partial charge >= 0.3 is 0 Å². The minimum Gasteiger partial charge on any atom is -0.366 e. The molecule has 2 atom stereocenters. The Morgan fingerprint density at radius 1 is 1.62 bits per heavy atom. The maximum atomic E-state index is 11.5. The number of Topliss-reactive ketones (excluding diaryl/α,β-unsaturated/α-hetero) is 1. The van der Waals surface area contributed by atoms with Crippen molar-refractivity contribution in [3.05, 3.63) is 12.2 Å². The number of allylic oxidation sites excluding steroid dienone is 1. The van der Waals surface area contributed by atoms with Crippen LogP contribution in [0, 0.1) is 0 Å². The van der Waals surface area contributed by atoms with Crippen LogP contribution in [0.15, 0.2) is 12.2 Å². The van der Waals surface area contributed by atoms with Gasteiger partial charge in [-0.3, -0.25) is 4.79 Å². The molecule has 1 heterocycles. The van der Waals surface area contributed by atoms with E-state index in [1.807, 2.05) is 0 Å². The van der Waals surface area contributed by atoms with Gasteiger partial charge in [-0.2, -0.15) is 0 Å². The molecule has 72 valence electrons. The summed E-state index contributed by atoms with van der Waals surface area (Å²) in [5.41, 5.74) is 0.600. The van der Waals surface area contributed by atoms with Crippen molar-refractivity contribution in [2.75, 3.05) is 0 Å². The monoisotopic (exact) mass is 180 g/mol. The van der Waals surface area contributed by atoms with Gasteiger partial charge < -0.3 is 4.74 Å². The van der Waals surface area contributed by atoms with Crippen molar-refractivity contribution in [1.82, 2.24) is 0 Å². The SMILES string of the molecule is C=C(C)C(=O)CC12CCCCC1O2. The first-order chi connectivity index (χ1) is 6.14. The van der Waals surface area contributed by atoms with Crippen LogP contribution in [0.5, 0.6) is 0 Å². The van der Waals surface area contributed by atoms with E-state index in [2.05, 4.69) is 6.58 Å². The summed E-state index contributed by atoms with van der Waals surface area (Å²) in [5, 5.41) is 0. The summed E-state index contributed by atoms with van der Waals surface area (Å²) in [6.07, 6.45) is 5.62. The van der Waals surface area contributed by atoms with Crippen LogP contribution in [-0.2, 0) is 9.53 Å². The summed E-state index contributed by atoms with van der Waals surface area (Å²) in [5.74, 6) is 0.171. The van der Waals surface area contributed by atoms with Crippen LogP contribution < -0.4 is 0 Å². The van der Waals surface area contributed by atoms with Crippen LogP contribution in [0.2, 0.25) is 0 Å². The lowest BCUT2D eigenvalue weighted by atomic mass is 9.85. The smallest absolute Gasteiger partial charge is 0.160 e. The predicted molar refractivity (Wildman–Crippen MR) is 50.5 cm³/mol. The fraction of sp³-hybridized carbons (Fsp3) is 0.727. The molecule has 2 aliphatic rings. The number of rotatable bonds is 3. The third kappa shape index (κ3) is 1.55. The van der Waals surface area contributed by atoms with Gasteiger partial charge in [-0.05, 0) is 25.3 Å². The molecule has 13 heavy (non-hydrogen) atoms. The second kappa shape index (κ2) is 2.95. The highest BCUT2D eigenvalue weighted by atomic mass is 16.6. The van der Waals surface area contributed by atoms with E-state index in [0.29, 0.717) is 18.1 Å². The van der Waals surface area contributed by atoms with Crippen LogP contribution in [0.3, 0.4) is 0 Å². The number of ether oxygens (including phenoxy) is 1. The number of epoxide rings is 1. The fourth-order valence-corrected chi connectivity index (χ4v) is 2.21. The van der Waals surface area contributed by atoms with Crippen LogP contribution in [0.1, 0.15) is 39.0 Å². The molecule has 0 N–H and O–H groups in total. The van der Waals surface area contributed by atoms with Crippen molar-refractivity contribution in [3.63, 3.8) is 0 Å². The highest BCUT2D eigenvalue weighted by molar-refractivity contribution is 5.95. The number of carbonyl (C=O) groups is 1. The van der Waals surface area contributed by atoms with E-state index in [4.69, 9.17) is 4.74 Å². The molecule has 1 saturated heterocycles. The van der Waals surface area contributed by atoms with Crippen molar-refractivity contribution >= 4 is 5.78 Å². The molecular weight excluding hydrogens is 164 g/mol. The van der Waals surface area contributed by atoms with Crippen molar-refractivity contribution < 1.29 is 9.53 Å². The molecule has 0 bridgehead atoms. The Bertz CT molecular complexity index is 257. The largest absolute Gasteiger partial charge is 0.366 e. The lowest BCUT2D eigenvalue weighted by Crippen LogP contribution is -2.23. The molecule has 0 amide bonds. The van der Waals surface area contributed by atoms with Gasteiger partial charge in [-0.25, -0.2) is 0 Å². The van der Waals surface area contributed by atoms with Crippen molar-refractivity contribution in [2.24, 2.45) is 0 Å². The van der Waals surface area contributed by atoms with Crippen molar-refractivity contribution in [1.29, 1.82) is 0 Å². The molecule has 0 radical (unpaired) electrons. The summed E-state index contributed by atoms with van der Waals surface area (Å²) in [6.45, 7) is 5.44. The zero-order valence-electron chi connectivity index (χ0n) is 8.14. The molecule has 0 aromatic rings. The molecule has 2 unspecified atom stereocenters. The van der Waals surface area contributed by atoms with Gasteiger partial charge in [-0.1, -0.05) is 19.4 Å². The first-order valence-electron chi connectivity index (χ1n) is 5.01. The Balaban J connectivity index is 1.95. The Labute approximate surface area is 79.0 Å². The Hall–Kier alpha value is -0.630. The van der Waals surface area contributed by atoms with Gasteiger partial charge in [0.15, 0.2) is 5.78 Å². The molecule has 2 nitrogen and oxygen atoms in total. The van der Waals surface area contributed by atoms with Crippen molar-refractivity contribution in [2.45, 2.75) is 50.7 Å². The molecule has 2 heteroatoms. The van der Waals surface area contributed by atoms with Gasteiger partial charge in [0.2, 0.25) is 0 Å². The average Bonchev–Trinajstić information content (AvgIpc) is 2.77. The molecule has 0 spiro atoms. The summed E-state index contributed by atoms with van der Waals surface area (Å²) < 4.78 is 5.62. The molecule has 2 fully saturated rings. The molecule has 2 rings (SSSR count). The van der Waals surface area contributed by atoms with Gasteiger partial charge in [0.1, 0.15) is 5.60 Å². The van der Waals surface area contributed by atoms with E-state index >= 15 is 0 Å². The first-order valence-corrected chi connectivity index (χ1v) is 5.01. The van der Waals surface area contributed by atoms with E-state index in [1.54, 1.807) is 6.92 Å². The maximum Gasteiger partial charge on any atom is 0.160 e. The Morgan fingerprint density at radius 2 is 2.38 bits per heavy atom. The minimum atomic E-state index is -0.0612. The molecule has 0 aromatic heterocycles. The average molecular weight is 180 g/mol. The lowest BCUT2D eigenvalue weighted by Gasteiger charge is -2.15. The summed E-state index contributed by atoms with van der Waals surface area (Å²) >= 11 is 0. The van der Waals surface area contributed by atoms with E-state index in [1.165, 1.54) is 12.8 Å². The second-order valence-electron chi connectivity index (χ2n) is 4.30. The molecule has 1 saturated carbocycles. The molecule has 0 aromatic carbocycles. The Kier molecular flexibility index (Phi) is 2.03. The molecular formula is C11H16O2. The summed E-state index contributed by atoms with van der Waals surface area (Å²) in [6, 6.07) is 0. The van der Waals surface area contributed by atoms with E-state index in [-0.39, 0.29) is 11.4 Å². The normalized spacial score (nSPS) is 36.5. The van der Waals surface area contributed by atoms with Gasteiger partial charge in [0.25, 0.3) is 0 Å². The molecule has 1 aliphatic heterocycles. The zero-order chi connectivity index (χ0) is 9.47. The zero-order valence-corrected chi connectivity index (χ0v) is 8.14. The minimum absolute atomic E-state index is 0.0612. The highest BCUT2D eigenvalue weighted by Crippen LogP contribution is 2.50. The van der Waals surface area contributed by atoms with Crippen LogP contribution in [0.25, 0.3) is 0 Å². The van der Waals surface area contributed by atoms with E-state index < -0.39 is 0 Å². The van der Waals surface area contributed by atoms with Crippen LogP contribution in [0.4, 0.5) is 0 Å². The van der Waals surface area contributed by atoms with Crippen molar-refractivity contribution in [3.8, 4) is 0 Å². The van der Waals surface area contributed by atoms with E-state index in [0.717, 1.165) is 12.8 Å². The number of hydrogen-bond acceptors (Lipinski definition) is 2. The highest BCUT2D eigenvalue weighted by Gasteiger charge is 2.57. The van der Waals surface area contributed by atoms with Gasteiger partial charge in [0, 0.05) is 6.42 Å². The third-order valence-electron chi connectivity index (χ3n) is 3.16. The predicted octanol–water partition coefficient (Wildman–Crippen LogP) is 2.23. The molecule has 1 aliphatic carbocycles. The topological polar surface area (TPSA) is 29.6 Å². The summed E-state index contributed by atoms with van der Waals surface area (Å²) in [4.78, 5) is 11.5. The third-order valence-corrected chi connectivity index (χ3v) is 3.16. The van der Waals surface area contributed by atoms with Crippen LogP contribution in [-0.4, -0.2) is 17.5 Å². The van der Waals surface area contributed by atoms with E-state index in [9.17, 15) is 4.79 Å². The number of carbonyl (C=O) groups excluding carboxylic acids is 1. The first kappa shape index (κ1) is 8.95. The standard InChI is InChI=1S/C11H16O2/c1-8(2)9(12)7-11-6-4-3-5-10(11)13-11/h10H,1,3-7H2,2H3. The summed E-state index contributed by atoms with van der Waals surface area (Å²) in [7, 11) is 0. The maximum absolute atomic E-state index is 11.5. The second-order valence-corrected chi connectivity index (χ2v) is 4.30. The fourth-order valence-electron chi connectivity index (χ4n) is 2.21. The van der Waals surface area contributed by atoms with Crippen LogP contribution >= 0.6 is 0 Å². The van der Waals surface area contributed by atoms with Gasteiger partial charge in [0.05, 0.1) is 6.10 Å². The number of hydrogen-bond donors (Lipinski definition) is 0. The number of ketones is 1. The van der Waals surface area contributed by atoms with Gasteiger partial charge in [-0.15, -0.1) is 0 Å². The Morgan fingerprint density at radius 3 is 3.00 bits per heavy atom.